The predicted octanol–water partition coefficient (Wildman–Crippen LogP) is -0.279. The highest BCUT2D eigenvalue weighted by Crippen LogP contribution is 2.09. The summed E-state index contributed by atoms with van der Waals surface area (Å²) in [5.74, 6) is -1.67. The summed E-state index contributed by atoms with van der Waals surface area (Å²) < 4.78 is 0. The van der Waals surface area contributed by atoms with E-state index >= 15 is 0 Å². The molecule has 2 amide bonds. The number of nitrogens with one attached hydrogen (secondary N) is 2. The number of nitrogens with zero attached hydrogens (tertiary/aromatic N) is 2. The molecule has 0 saturated heterocycles. The number of carbonyl (C=O) groups excluding carboxylic acids is 2. The highest BCUT2D eigenvalue weighted by Gasteiger charge is 2.13. The molecule has 0 atom stereocenters. The van der Waals surface area contributed by atoms with Crippen molar-refractivity contribution >= 4 is 28.3 Å². The lowest BCUT2D eigenvalue weighted by molar-refractivity contribution is -0.136. The Morgan fingerprint density at radius 3 is 2.93 bits per heavy atom. The fourth-order valence-corrected chi connectivity index (χ4v) is 1.16. The van der Waals surface area contributed by atoms with Gasteiger partial charge in [0.1, 0.15) is 6.54 Å². The maximum absolute atomic E-state index is 11.1. The molecule has 0 saturated carbocycles. The number of carbonyl (C=O) groups is 2. The standard InChI is InChI=1S/C7H6N4O2S/c8-1-2-9-5(12)6(13)11-7-10-3-4-14-7/h3-4H,2H2,(H,9,12)(H,10,11,13). The van der Waals surface area contributed by atoms with Crippen molar-refractivity contribution in [2.75, 3.05) is 11.9 Å². The first-order valence-corrected chi connectivity index (χ1v) is 4.47. The van der Waals surface area contributed by atoms with E-state index in [-0.39, 0.29) is 6.54 Å². The summed E-state index contributed by atoms with van der Waals surface area (Å²) in [6.45, 7) is -0.190. The molecule has 14 heavy (non-hydrogen) atoms. The van der Waals surface area contributed by atoms with Crippen LogP contribution in [0.5, 0.6) is 0 Å². The smallest absolute Gasteiger partial charge is 0.315 e. The molecular formula is C7H6N4O2S. The predicted molar refractivity (Wildman–Crippen MR) is 49.4 cm³/mol. The van der Waals surface area contributed by atoms with Crippen LogP contribution in [0, 0.1) is 11.3 Å². The Labute approximate surface area is 83.6 Å². The number of rotatable bonds is 2. The van der Waals surface area contributed by atoms with Crippen LogP contribution in [0.2, 0.25) is 0 Å². The molecule has 1 aromatic heterocycles. The molecule has 1 rings (SSSR count). The summed E-state index contributed by atoms with van der Waals surface area (Å²) in [4.78, 5) is 25.7. The summed E-state index contributed by atoms with van der Waals surface area (Å²) >= 11 is 1.20. The molecule has 0 aliphatic carbocycles. The minimum absolute atomic E-state index is 0.190. The van der Waals surface area contributed by atoms with Crippen molar-refractivity contribution in [1.82, 2.24) is 10.3 Å². The van der Waals surface area contributed by atoms with E-state index in [0.29, 0.717) is 5.13 Å². The van der Waals surface area contributed by atoms with Crippen molar-refractivity contribution in [1.29, 1.82) is 5.26 Å². The molecular weight excluding hydrogens is 204 g/mol. The molecule has 0 bridgehead atoms. The van der Waals surface area contributed by atoms with E-state index in [9.17, 15) is 9.59 Å². The second-order valence-electron chi connectivity index (χ2n) is 2.13. The molecule has 0 aromatic carbocycles. The Morgan fingerprint density at radius 1 is 1.57 bits per heavy atom. The largest absolute Gasteiger partial charge is 0.335 e. The average Bonchev–Trinajstić information content (AvgIpc) is 2.66. The van der Waals surface area contributed by atoms with Gasteiger partial charge in [-0.3, -0.25) is 14.9 Å². The van der Waals surface area contributed by atoms with Crippen LogP contribution in [0.1, 0.15) is 0 Å². The number of amides is 2. The van der Waals surface area contributed by atoms with E-state index in [1.165, 1.54) is 17.5 Å². The molecule has 2 N–H and O–H groups in total. The van der Waals surface area contributed by atoms with Gasteiger partial charge in [-0.15, -0.1) is 11.3 Å². The van der Waals surface area contributed by atoms with E-state index in [4.69, 9.17) is 5.26 Å². The number of hydrogen-bond donors (Lipinski definition) is 2. The Hall–Kier alpha value is -1.94. The zero-order valence-electron chi connectivity index (χ0n) is 6.98. The first-order valence-electron chi connectivity index (χ1n) is 3.59. The van der Waals surface area contributed by atoms with Crippen LogP contribution in [0.15, 0.2) is 11.6 Å². The van der Waals surface area contributed by atoms with E-state index in [0.717, 1.165) is 0 Å². The molecule has 0 aliphatic heterocycles. The summed E-state index contributed by atoms with van der Waals surface area (Å²) in [7, 11) is 0. The van der Waals surface area contributed by atoms with Crippen molar-refractivity contribution in [3.8, 4) is 6.07 Å². The summed E-state index contributed by atoms with van der Waals surface area (Å²) in [6.07, 6.45) is 1.51. The Kier molecular flexibility index (Phi) is 3.58. The van der Waals surface area contributed by atoms with Gasteiger partial charge in [0.2, 0.25) is 0 Å². The van der Waals surface area contributed by atoms with Crippen LogP contribution < -0.4 is 10.6 Å². The zero-order chi connectivity index (χ0) is 10.4. The van der Waals surface area contributed by atoms with Crippen LogP contribution >= 0.6 is 11.3 Å². The topological polar surface area (TPSA) is 94.9 Å². The van der Waals surface area contributed by atoms with Crippen molar-refractivity contribution in [3.05, 3.63) is 11.6 Å². The summed E-state index contributed by atoms with van der Waals surface area (Å²) in [6, 6.07) is 1.69. The molecule has 0 unspecified atom stereocenters. The molecule has 1 heterocycles. The molecule has 1 aromatic rings. The Balaban J connectivity index is 2.43. The highest BCUT2D eigenvalue weighted by molar-refractivity contribution is 7.13. The van der Waals surface area contributed by atoms with Gasteiger partial charge in [0.25, 0.3) is 0 Å². The van der Waals surface area contributed by atoms with Crippen LogP contribution in [0.25, 0.3) is 0 Å². The average molecular weight is 210 g/mol. The quantitative estimate of drug-likeness (QED) is 0.518. The van der Waals surface area contributed by atoms with Crippen LogP contribution in [0.4, 0.5) is 5.13 Å². The SMILES string of the molecule is N#CCNC(=O)C(=O)Nc1nccs1. The fraction of sp³-hybridized carbons (Fsp3) is 0.143. The van der Waals surface area contributed by atoms with E-state index < -0.39 is 11.8 Å². The number of nitriles is 1. The van der Waals surface area contributed by atoms with Crippen molar-refractivity contribution in [3.63, 3.8) is 0 Å². The second kappa shape index (κ2) is 4.94. The second-order valence-corrected chi connectivity index (χ2v) is 3.03. The van der Waals surface area contributed by atoms with Crippen LogP contribution in [-0.2, 0) is 9.59 Å². The Morgan fingerprint density at radius 2 is 2.36 bits per heavy atom. The lowest BCUT2D eigenvalue weighted by Gasteiger charge is -1.99. The third kappa shape index (κ3) is 2.84. The van der Waals surface area contributed by atoms with Crippen molar-refractivity contribution in [2.45, 2.75) is 0 Å². The van der Waals surface area contributed by atoms with Gasteiger partial charge in [0.15, 0.2) is 5.13 Å². The maximum atomic E-state index is 11.1. The first kappa shape index (κ1) is 10.1. The van der Waals surface area contributed by atoms with Crippen molar-refractivity contribution < 1.29 is 9.59 Å². The maximum Gasteiger partial charge on any atom is 0.315 e. The first-order chi connectivity index (χ1) is 6.74. The summed E-state index contributed by atoms with van der Waals surface area (Å²) in [5.41, 5.74) is 0. The number of aromatic nitrogens is 1. The minimum atomic E-state index is -0.846. The van der Waals surface area contributed by atoms with Gasteiger partial charge in [-0.1, -0.05) is 0 Å². The summed E-state index contributed by atoms with van der Waals surface area (Å²) in [5, 5.41) is 14.6. The highest BCUT2D eigenvalue weighted by atomic mass is 32.1. The van der Waals surface area contributed by atoms with Crippen LogP contribution in [-0.4, -0.2) is 23.3 Å². The molecule has 0 radical (unpaired) electrons. The normalized spacial score (nSPS) is 8.79. The number of anilines is 1. The van der Waals surface area contributed by atoms with Gasteiger partial charge < -0.3 is 5.32 Å². The fourth-order valence-electron chi connectivity index (χ4n) is 0.639. The van der Waals surface area contributed by atoms with Crippen LogP contribution in [0.3, 0.4) is 0 Å². The lowest BCUT2D eigenvalue weighted by atomic mass is 10.5. The third-order valence-corrected chi connectivity index (χ3v) is 1.88. The van der Waals surface area contributed by atoms with Gasteiger partial charge >= 0.3 is 11.8 Å². The monoisotopic (exact) mass is 210 g/mol. The molecule has 72 valence electrons. The van der Waals surface area contributed by atoms with E-state index in [1.807, 2.05) is 0 Å². The van der Waals surface area contributed by atoms with Gasteiger partial charge in [0, 0.05) is 11.6 Å². The molecule has 7 heteroatoms. The Bertz CT molecular complexity index is 368. The van der Waals surface area contributed by atoms with Gasteiger partial charge in [0.05, 0.1) is 6.07 Å². The van der Waals surface area contributed by atoms with E-state index in [1.54, 1.807) is 11.4 Å². The minimum Gasteiger partial charge on any atom is -0.335 e. The molecule has 0 spiro atoms. The molecule has 0 fully saturated rings. The van der Waals surface area contributed by atoms with Gasteiger partial charge in [-0.25, -0.2) is 4.98 Å². The number of hydrogen-bond acceptors (Lipinski definition) is 5. The number of thiazole rings is 1. The van der Waals surface area contributed by atoms with E-state index in [2.05, 4.69) is 15.6 Å². The van der Waals surface area contributed by atoms with Gasteiger partial charge in [-0.05, 0) is 0 Å². The molecule has 0 aliphatic rings. The van der Waals surface area contributed by atoms with Crippen molar-refractivity contribution in [2.24, 2.45) is 0 Å². The van der Waals surface area contributed by atoms with Gasteiger partial charge in [-0.2, -0.15) is 5.26 Å². The third-order valence-electron chi connectivity index (χ3n) is 1.19. The molecule has 6 nitrogen and oxygen atoms in total. The lowest BCUT2D eigenvalue weighted by Crippen LogP contribution is -2.35. The zero-order valence-corrected chi connectivity index (χ0v) is 7.80.